The van der Waals surface area contributed by atoms with Gasteiger partial charge in [0.25, 0.3) is 0 Å². The lowest BCUT2D eigenvalue weighted by atomic mass is 9.89. The Morgan fingerprint density at radius 1 is 1.44 bits per heavy atom. The minimum absolute atomic E-state index is 0.164. The molecule has 3 heteroatoms. The van der Waals surface area contributed by atoms with Crippen LogP contribution in [-0.2, 0) is 17.6 Å². The van der Waals surface area contributed by atoms with Crippen LogP contribution in [0.25, 0.3) is 0 Å². The number of hydrogen-bond acceptors (Lipinski definition) is 3. The highest BCUT2D eigenvalue weighted by molar-refractivity contribution is 5.15. The van der Waals surface area contributed by atoms with E-state index in [1.165, 1.54) is 5.56 Å². The van der Waals surface area contributed by atoms with E-state index in [-0.39, 0.29) is 6.04 Å². The SMILES string of the molecule is CCc1ccc(CC(N)C2CCOC2CC)nc1. The molecule has 1 aromatic rings. The van der Waals surface area contributed by atoms with Crippen LogP contribution in [0, 0.1) is 5.92 Å². The maximum absolute atomic E-state index is 6.33. The molecule has 3 unspecified atom stereocenters. The van der Waals surface area contributed by atoms with Gasteiger partial charge in [-0.2, -0.15) is 0 Å². The molecule has 1 aromatic heterocycles. The molecule has 0 amide bonds. The number of nitrogens with zero attached hydrogens (tertiary/aromatic N) is 1. The second kappa shape index (κ2) is 6.30. The maximum Gasteiger partial charge on any atom is 0.0616 e. The van der Waals surface area contributed by atoms with Crippen molar-refractivity contribution in [3.63, 3.8) is 0 Å². The summed E-state index contributed by atoms with van der Waals surface area (Å²) >= 11 is 0. The van der Waals surface area contributed by atoms with Gasteiger partial charge in [0.15, 0.2) is 0 Å². The number of aryl methyl sites for hydroxylation is 1. The lowest BCUT2D eigenvalue weighted by Crippen LogP contribution is -2.37. The fraction of sp³-hybridized carbons (Fsp3) is 0.667. The van der Waals surface area contributed by atoms with E-state index in [1.807, 2.05) is 6.20 Å². The zero-order valence-electron chi connectivity index (χ0n) is 11.4. The fourth-order valence-electron chi connectivity index (χ4n) is 2.75. The molecule has 0 aliphatic carbocycles. The van der Waals surface area contributed by atoms with Crippen LogP contribution in [0.3, 0.4) is 0 Å². The van der Waals surface area contributed by atoms with Crippen molar-refractivity contribution in [1.29, 1.82) is 0 Å². The highest BCUT2D eigenvalue weighted by Crippen LogP contribution is 2.26. The molecule has 3 atom stereocenters. The molecule has 18 heavy (non-hydrogen) atoms. The van der Waals surface area contributed by atoms with E-state index in [1.54, 1.807) is 0 Å². The molecular weight excluding hydrogens is 224 g/mol. The number of ether oxygens (including phenoxy) is 1. The summed E-state index contributed by atoms with van der Waals surface area (Å²) in [6, 6.07) is 4.42. The van der Waals surface area contributed by atoms with E-state index in [0.29, 0.717) is 12.0 Å². The third-order valence-electron chi connectivity index (χ3n) is 3.95. The molecule has 0 aromatic carbocycles. The van der Waals surface area contributed by atoms with Crippen molar-refractivity contribution in [2.24, 2.45) is 11.7 Å². The molecule has 3 nitrogen and oxygen atoms in total. The van der Waals surface area contributed by atoms with E-state index in [2.05, 4.69) is 31.0 Å². The third-order valence-corrected chi connectivity index (χ3v) is 3.95. The van der Waals surface area contributed by atoms with Crippen LogP contribution in [0.15, 0.2) is 18.3 Å². The van der Waals surface area contributed by atoms with Gasteiger partial charge in [-0.05, 0) is 30.9 Å². The van der Waals surface area contributed by atoms with Gasteiger partial charge in [0.2, 0.25) is 0 Å². The van der Waals surface area contributed by atoms with Gasteiger partial charge in [-0.1, -0.05) is 19.9 Å². The maximum atomic E-state index is 6.33. The average molecular weight is 248 g/mol. The van der Waals surface area contributed by atoms with Crippen molar-refractivity contribution in [1.82, 2.24) is 4.98 Å². The van der Waals surface area contributed by atoms with Crippen LogP contribution in [0.2, 0.25) is 0 Å². The molecular formula is C15H24N2O. The lowest BCUT2D eigenvalue weighted by molar-refractivity contribution is 0.0813. The monoisotopic (exact) mass is 248 g/mol. The van der Waals surface area contributed by atoms with Crippen molar-refractivity contribution in [2.45, 2.75) is 51.7 Å². The van der Waals surface area contributed by atoms with E-state index in [0.717, 1.165) is 38.0 Å². The number of aromatic nitrogens is 1. The largest absolute Gasteiger partial charge is 0.378 e. The topological polar surface area (TPSA) is 48.1 Å². The normalized spacial score (nSPS) is 25.3. The Balaban J connectivity index is 1.95. The second-order valence-electron chi connectivity index (χ2n) is 5.15. The van der Waals surface area contributed by atoms with E-state index >= 15 is 0 Å². The summed E-state index contributed by atoms with van der Waals surface area (Å²) in [7, 11) is 0. The Morgan fingerprint density at radius 3 is 2.89 bits per heavy atom. The zero-order chi connectivity index (χ0) is 13.0. The number of pyridine rings is 1. The first-order chi connectivity index (χ1) is 8.74. The first-order valence-electron chi connectivity index (χ1n) is 7.05. The molecule has 0 bridgehead atoms. The molecule has 1 fully saturated rings. The van der Waals surface area contributed by atoms with Crippen LogP contribution >= 0.6 is 0 Å². The average Bonchev–Trinajstić information content (AvgIpc) is 2.88. The van der Waals surface area contributed by atoms with Gasteiger partial charge in [-0.15, -0.1) is 0 Å². The van der Waals surface area contributed by atoms with Gasteiger partial charge in [0.1, 0.15) is 0 Å². The van der Waals surface area contributed by atoms with Crippen LogP contribution < -0.4 is 5.73 Å². The Morgan fingerprint density at radius 2 is 2.28 bits per heavy atom. The number of rotatable bonds is 5. The number of nitrogens with two attached hydrogens (primary N) is 1. The predicted octanol–water partition coefficient (Wildman–Crippen LogP) is 2.33. The van der Waals surface area contributed by atoms with Crippen LogP contribution in [0.5, 0.6) is 0 Å². The summed E-state index contributed by atoms with van der Waals surface area (Å²) in [5.74, 6) is 0.489. The minimum atomic E-state index is 0.164. The Labute approximate surface area is 110 Å². The summed E-state index contributed by atoms with van der Waals surface area (Å²) in [5.41, 5.74) is 8.71. The second-order valence-corrected chi connectivity index (χ2v) is 5.15. The fourth-order valence-corrected chi connectivity index (χ4v) is 2.75. The minimum Gasteiger partial charge on any atom is -0.378 e. The first-order valence-corrected chi connectivity index (χ1v) is 7.05. The van der Waals surface area contributed by atoms with Crippen LogP contribution in [-0.4, -0.2) is 23.7 Å². The number of hydrogen-bond donors (Lipinski definition) is 1. The Kier molecular flexibility index (Phi) is 4.72. The summed E-state index contributed by atoms with van der Waals surface area (Å²) < 4.78 is 5.71. The summed E-state index contributed by atoms with van der Waals surface area (Å²) in [6.45, 7) is 5.17. The van der Waals surface area contributed by atoms with Crippen molar-refractivity contribution < 1.29 is 4.74 Å². The molecule has 0 radical (unpaired) electrons. The van der Waals surface area contributed by atoms with E-state index in [4.69, 9.17) is 10.5 Å². The highest BCUT2D eigenvalue weighted by Gasteiger charge is 2.31. The quantitative estimate of drug-likeness (QED) is 0.870. The molecule has 1 aliphatic rings. The van der Waals surface area contributed by atoms with Crippen LogP contribution in [0.4, 0.5) is 0 Å². The van der Waals surface area contributed by atoms with Gasteiger partial charge in [0.05, 0.1) is 6.10 Å². The Hall–Kier alpha value is -0.930. The van der Waals surface area contributed by atoms with Crippen molar-refractivity contribution in [2.75, 3.05) is 6.61 Å². The molecule has 2 heterocycles. The molecule has 1 aliphatic heterocycles. The summed E-state index contributed by atoms with van der Waals surface area (Å²) in [5, 5.41) is 0. The molecule has 2 N–H and O–H groups in total. The Bertz CT molecular complexity index is 363. The van der Waals surface area contributed by atoms with Crippen LogP contribution in [0.1, 0.15) is 37.9 Å². The van der Waals surface area contributed by atoms with Gasteiger partial charge in [-0.3, -0.25) is 4.98 Å². The lowest BCUT2D eigenvalue weighted by Gasteiger charge is -2.23. The summed E-state index contributed by atoms with van der Waals surface area (Å²) in [4.78, 5) is 4.49. The predicted molar refractivity (Wildman–Crippen MR) is 73.4 cm³/mol. The van der Waals surface area contributed by atoms with Gasteiger partial charge < -0.3 is 10.5 Å². The molecule has 0 spiro atoms. The molecule has 2 rings (SSSR count). The van der Waals surface area contributed by atoms with E-state index in [9.17, 15) is 0 Å². The highest BCUT2D eigenvalue weighted by atomic mass is 16.5. The van der Waals surface area contributed by atoms with Crippen molar-refractivity contribution in [3.8, 4) is 0 Å². The first kappa shape index (κ1) is 13.5. The van der Waals surface area contributed by atoms with Gasteiger partial charge >= 0.3 is 0 Å². The zero-order valence-corrected chi connectivity index (χ0v) is 11.4. The smallest absolute Gasteiger partial charge is 0.0616 e. The summed E-state index contributed by atoms with van der Waals surface area (Å²) in [6.07, 6.45) is 6.34. The van der Waals surface area contributed by atoms with Crippen molar-refractivity contribution in [3.05, 3.63) is 29.6 Å². The molecule has 100 valence electrons. The van der Waals surface area contributed by atoms with Gasteiger partial charge in [0, 0.05) is 36.9 Å². The molecule has 0 saturated carbocycles. The van der Waals surface area contributed by atoms with Gasteiger partial charge in [-0.25, -0.2) is 0 Å². The van der Waals surface area contributed by atoms with Crippen molar-refractivity contribution >= 4 is 0 Å². The standard InChI is InChI=1S/C15H24N2O/c1-3-11-5-6-12(17-10-11)9-14(16)13-7-8-18-15(13)4-2/h5-6,10,13-15H,3-4,7-9,16H2,1-2H3. The third kappa shape index (κ3) is 3.09. The van der Waals surface area contributed by atoms with E-state index < -0.39 is 0 Å². The molecule has 1 saturated heterocycles.